The summed E-state index contributed by atoms with van der Waals surface area (Å²) in [5.41, 5.74) is 0. The summed E-state index contributed by atoms with van der Waals surface area (Å²) >= 11 is 16.5. The van der Waals surface area contributed by atoms with Crippen molar-refractivity contribution in [3.63, 3.8) is 0 Å². The molecule has 1 unspecified atom stereocenters. The number of ether oxygens (including phenoxy) is 2. The number of halogens is 3. The SMILES string of the molecule is CO/C(=C/C(=O)C(Cl)(Cl)Cl)C(C)Oc1ccccc1. The molecule has 3 nitrogen and oxygen atoms in total. The van der Waals surface area contributed by atoms with E-state index in [0.29, 0.717) is 5.75 Å². The Morgan fingerprint density at radius 1 is 1.26 bits per heavy atom. The number of benzene rings is 1. The van der Waals surface area contributed by atoms with E-state index < -0.39 is 15.7 Å². The van der Waals surface area contributed by atoms with Gasteiger partial charge in [-0.1, -0.05) is 53.0 Å². The number of carbonyl (C=O) groups is 1. The Morgan fingerprint density at radius 2 is 1.84 bits per heavy atom. The molecule has 1 aromatic carbocycles. The van der Waals surface area contributed by atoms with Crippen molar-refractivity contribution >= 4 is 40.6 Å². The van der Waals surface area contributed by atoms with E-state index in [1.165, 1.54) is 7.11 Å². The molecule has 0 aromatic heterocycles. The second kappa shape index (κ2) is 7.04. The van der Waals surface area contributed by atoms with Crippen molar-refractivity contribution < 1.29 is 14.3 Å². The molecular weight excluding hydrogens is 310 g/mol. The Morgan fingerprint density at radius 3 is 2.32 bits per heavy atom. The van der Waals surface area contributed by atoms with Crippen molar-refractivity contribution in [2.75, 3.05) is 7.11 Å². The highest BCUT2D eigenvalue weighted by atomic mass is 35.6. The van der Waals surface area contributed by atoms with Gasteiger partial charge in [-0.05, 0) is 19.1 Å². The van der Waals surface area contributed by atoms with Gasteiger partial charge in [0.25, 0.3) is 3.79 Å². The maximum absolute atomic E-state index is 11.6. The molecule has 0 radical (unpaired) electrons. The maximum atomic E-state index is 11.6. The van der Waals surface area contributed by atoms with Gasteiger partial charge in [0, 0.05) is 6.08 Å². The summed E-state index contributed by atoms with van der Waals surface area (Å²) in [5.74, 6) is 0.248. The second-order valence-electron chi connectivity index (χ2n) is 3.69. The highest BCUT2D eigenvalue weighted by Gasteiger charge is 2.30. The summed E-state index contributed by atoms with van der Waals surface area (Å²) < 4.78 is 8.69. The number of ketones is 1. The average Bonchev–Trinajstić information content (AvgIpc) is 2.35. The van der Waals surface area contributed by atoms with Crippen molar-refractivity contribution in [1.29, 1.82) is 0 Å². The number of hydrogen-bond donors (Lipinski definition) is 0. The molecular formula is C13H13Cl3O3. The van der Waals surface area contributed by atoms with Gasteiger partial charge < -0.3 is 9.47 Å². The van der Waals surface area contributed by atoms with Gasteiger partial charge in [-0.25, -0.2) is 0 Å². The molecule has 0 spiro atoms. The fraction of sp³-hybridized carbons (Fsp3) is 0.308. The number of rotatable bonds is 5. The summed E-state index contributed by atoms with van der Waals surface area (Å²) in [5, 5.41) is 0. The van der Waals surface area contributed by atoms with Crippen LogP contribution in [0.15, 0.2) is 42.2 Å². The molecule has 1 rings (SSSR count). The van der Waals surface area contributed by atoms with Crippen LogP contribution in [0, 0.1) is 0 Å². The molecule has 1 aromatic rings. The monoisotopic (exact) mass is 322 g/mol. The number of carbonyl (C=O) groups excluding carboxylic acids is 1. The molecule has 0 N–H and O–H groups in total. The molecule has 0 saturated carbocycles. The lowest BCUT2D eigenvalue weighted by atomic mass is 10.2. The van der Waals surface area contributed by atoms with E-state index >= 15 is 0 Å². The van der Waals surface area contributed by atoms with E-state index in [1.807, 2.05) is 18.2 Å². The fourth-order valence-electron chi connectivity index (χ4n) is 1.31. The van der Waals surface area contributed by atoms with E-state index in [-0.39, 0.29) is 5.76 Å². The highest BCUT2D eigenvalue weighted by molar-refractivity contribution is 6.77. The molecule has 6 heteroatoms. The minimum Gasteiger partial charge on any atom is -0.497 e. The summed E-state index contributed by atoms with van der Waals surface area (Å²) in [6, 6.07) is 9.13. The van der Waals surface area contributed by atoms with Gasteiger partial charge in [-0.3, -0.25) is 4.79 Å². The van der Waals surface area contributed by atoms with Crippen molar-refractivity contribution in [3.8, 4) is 5.75 Å². The highest BCUT2D eigenvalue weighted by Crippen LogP contribution is 2.28. The first kappa shape index (κ1) is 16.2. The third-order valence-electron chi connectivity index (χ3n) is 2.25. The van der Waals surface area contributed by atoms with Gasteiger partial charge in [-0.2, -0.15) is 0 Å². The Labute approximate surface area is 127 Å². The average molecular weight is 324 g/mol. The van der Waals surface area contributed by atoms with Crippen LogP contribution in [0.4, 0.5) is 0 Å². The van der Waals surface area contributed by atoms with Crippen LogP contribution in [-0.4, -0.2) is 22.8 Å². The molecule has 104 valence electrons. The van der Waals surface area contributed by atoms with Gasteiger partial charge in [0.15, 0.2) is 6.10 Å². The lowest BCUT2D eigenvalue weighted by Gasteiger charge is -2.17. The minimum atomic E-state index is -2.00. The van der Waals surface area contributed by atoms with E-state index in [4.69, 9.17) is 44.3 Å². The van der Waals surface area contributed by atoms with Crippen LogP contribution in [0.3, 0.4) is 0 Å². The zero-order valence-corrected chi connectivity index (χ0v) is 12.7. The largest absolute Gasteiger partial charge is 0.497 e. The molecule has 0 saturated heterocycles. The summed E-state index contributed by atoms with van der Waals surface area (Å²) in [4.78, 5) is 11.6. The summed E-state index contributed by atoms with van der Waals surface area (Å²) in [7, 11) is 1.42. The quantitative estimate of drug-likeness (QED) is 0.468. The van der Waals surface area contributed by atoms with Crippen LogP contribution in [0.2, 0.25) is 0 Å². The topological polar surface area (TPSA) is 35.5 Å². The molecule has 0 bridgehead atoms. The first-order valence-electron chi connectivity index (χ1n) is 5.43. The van der Waals surface area contributed by atoms with E-state index in [0.717, 1.165) is 6.08 Å². The third-order valence-corrected chi connectivity index (χ3v) is 2.80. The van der Waals surface area contributed by atoms with Gasteiger partial charge in [-0.15, -0.1) is 0 Å². The molecule has 0 fully saturated rings. The minimum absolute atomic E-state index is 0.278. The number of hydrogen-bond acceptors (Lipinski definition) is 3. The molecule has 0 heterocycles. The van der Waals surface area contributed by atoms with E-state index in [1.54, 1.807) is 19.1 Å². The number of alkyl halides is 3. The second-order valence-corrected chi connectivity index (χ2v) is 5.97. The molecule has 0 aliphatic carbocycles. The lowest BCUT2D eigenvalue weighted by molar-refractivity contribution is -0.114. The van der Waals surface area contributed by atoms with E-state index in [9.17, 15) is 4.79 Å². The predicted molar refractivity (Wildman–Crippen MR) is 76.9 cm³/mol. The summed E-state index contributed by atoms with van der Waals surface area (Å²) in [6.07, 6.45) is 0.643. The number of allylic oxidation sites excluding steroid dienone is 1. The zero-order chi connectivity index (χ0) is 14.5. The van der Waals surface area contributed by atoms with Crippen LogP contribution in [0.25, 0.3) is 0 Å². The standard InChI is InChI=1S/C13H13Cl3O3/c1-9(19-10-6-4-3-5-7-10)11(18-2)8-12(17)13(14,15)16/h3-9H,1-2H3/b11-8+. The van der Waals surface area contributed by atoms with Gasteiger partial charge in [0.05, 0.1) is 7.11 Å². The predicted octanol–water partition coefficient (Wildman–Crippen LogP) is 3.92. The first-order valence-corrected chi connectivity index (χ1v) is 6.56. The molecule has 0 aliphatic heterocycles. The van der Waals surface area contributed by atoms with Crippen LogP contribution in [0.5, 0.6) is 5.75 Å². The fourth-order valence-corrected chi connectivity index (χ4v) is 1.48. The van der Waals surface area contributed by atoms with Crippen molar-refractivity contribution in [2.45, 2.75) is 16.8 Å². The van der Waals surface area contributed by atoms with Crippen molar-refractivity contribution in [1.82, 2.24) is 0 Å². The zero-order valence-electron chi connectivity index (χ0n) is 10.4. The smallest absolute Gasteiger partial charge is 0.252 e. The normalized spacial score (nSPS) is 13.8. The summed E-state index contributed by atoms with van der Waals surface area (Å²) in [6.45, 7) is 1.73. The van der Waals surface area contributed by atoms with Crippen LogP contribution in [0.1, 0.15) is 6.92 Å². The van der Waals surface area contributed by atoms with Crippen molar-refractivity contribution in [3.05, 3.63) is 42.2 Å². The Bertz CT molecular complexity index is 452. The van der Waals surface area contributed by atoms with Gasteiger partial charge in [0.2, 0.25) is 5.78 Å². The maximum Gasteiger partial charge on any atom is 0.252 e. The number of para-hydroxylation sites is 1. The Kier molecular flexibility index (Phi) is 5.98. The molecule has 1 atom stereocenters. The van der Waals surface area contributed by atoms with Crippen LogP contribution < -0.4 is 4.74 Å². The Balaban J connectivity index is 2.80. The first-order chi connectivity index (χ1) is 8.84. The molecule has 0 amide bonds. The number of methoxy groups -OCH3 is 1. The molecule has 19 heavy (non-hydrogen) atoms. The lowest BCUT2D eigenvalue weighted by Crippen LogP contribution is -2.22. The van der Waals surface area contributed by atoms with Gasteiger partial charge in [0.1, 0.15) is 11.5 Å². The Hall–Kier alpha value is -0.900. The van der Waals surface area contributed by atoms with Crippen LogP contribution >= 0.6 is 34.8 Å². The van der Waals surface area contributed by atoms with Crippen molar-refractivity contribution in [2.24, 2.45) is 0 Å². The third kappa shape index (κ3) is 5.31. The van der Waals surface area contributed by atoms with Gasteiger partial charge >= 0.3 is 0 Å². The molecule has 0 aliphatic rings. The van der Waals surface area contributed by atoms with E-state index in [2.05, 4.69) is 0 Å². The van der Waals surface area contributed by atoms with Crippen LogP contribution in [-0.2, 0) is 9.53 Å².